The number of aliphatic hydroxyl groups excluding tert-OH is 1. The van der Waals surface area contributed by atoms with Gasteiger partial charge in [0.25, 0.3) is 0 Å². The average molecular weight is 403 g/mol. The van der Waals surface area contributed by atoms with E-state index < -0.39 is 6.10 Å². The van der Waals surface area contributed by atoms with Crippen LogP contribution in [0.4, 0.5) is 17.5 Å². The maximum absolute atomic E-state index is 11.0. The first-order valence-electron chi connectivity index (χ1n) is 10.5. The topological polar surface area (TPSA) is 77.4 Å². The number of nitrogens with zero attached hydrogens (tertiary/aromatic N) is 5. The van der Waals surface area contributed by atoms with Gasteiger partial charge in [-0.1, -0.05) is 30.3 Å². The van der Waals surface area contributed by atoms with Gasteiger partial charge in [0.1, 0.15) is 23.8 Å². The summed E-state index contributed by atoms with van der Waals surface area (Å²) in [6.07, 6.45) is 4.85. The zero-order valence-electron chi connectivity index (χ0n) is 16.9. The first-order valence-corrected chi connectivity index (χ1v) is 10.5. The molecule has 0 saturated carbocycles. The maximum atomic E-state index is 11.0. The van der Waals surface area contributed by atoms with Crippen molar-refractivity contribution in [2.75, 3.05) is 29.9 Å². The van der Waals surface area contributed by atoms with Crippen molar-refractivity contribution in [1.82, 2.24) is 19.9 Å². The van der Waals surface area contributed by atoms with Gasteiger partial charge in [0.2, 0.25) is 0 Å². The number of fused-ring (bicyclic) bond motifs is 1. The molecule has 1 saturated heterocycles. The fourth-order valence-corrected chi connectivity index (χ4v) is 4.51. The van der Waals surface area contributed by atoms with Gasteiger partial charge in [-0.15, -0.1) is 0 Å². The third kappa shape index (κ3) is 3.99. The van der Waals surface area contributed by atoms with Gasteiger partial charge in [-0.3, -0.25) is 4.90 Å². The van der Waals surface area contributed by atoms with Crippen LogP contribution in [-0.2, 0) is 13.0 Å². The van der Waals surface area contributed by atoms with Gasteiger partial charge in [0, 0.05) is 44.5 Å². The summed E-state index contributed by atoms with van der Waals surface area (Å²) in [6.45, 7) is 3.36. The van der Waals surface area contributed by atoms with Crippen LogP contribution in [0.3, 0.4) is 0 Å². The molecule has 5 rings (SSSR count). The van der Waals surface area contributed by atoms with E-state index in [-0.39, 0.29) is 6.04 Å². The maximum Gasteiger partial charge on any atom is 0.137 e. The minimum atomic E-state index is -0.411. The van der Waals surface area contributed by atoms with E-state index in [1.165, 1.54) is 11.1 Å². The molecule has 2 N–H and O–H groups in total. The molecule has 1 aromatic carbocycles. The van der Waals surface area contributed by atoms with Crippen LogP contribution in [0.25, 0.3) is 0 Å². The minimum absolute atomic E-state index is 0.183. The number of piperidine rings is 1. The summed E-state index contributed by atoms with van der Waals surface area (Å²) < 4.78 is 0. The summed E-state index contributed by atoms with van der Waals surface area (Å²) in [7, 11) is 0. The van der Waals surface area contributed by atoms with Crippen LogP contribution >= 0.6 is 0 Å². The van der Waals surface area contributed by atoms with E-state index in [9.17, 15) is 5.11 Å². The zero-order chi connectivity index (χ0) is 20.3. The lowest BCUT2D eigenvalue weighted by molar-refractivity contribution is 0.0293. The van der Waals surface area contributed by atoms with Crippen LogP contribution in [0.5, 0.6) is 0 Å². The number of aromatic nitrogens is 3. The summed E-state index contributed by atoms with van der Waals surface area (Å²) in [6, 6.07) is 16.4. The third-order valence-corrected chi connectivity index (χ3v) is 6.07. The molecule has 2 atom stereocenters. The average Bonchev–Trinajstić information content (AvgIpc) is 2.79. The Morgan fingerprint density at radius 1 is 0.933 bits per heavy atom. The molecule has 2 aliphatic heterocycles. The molecule has 4 heterocycles. The van der Waals surface area contributed by atoms with E-state index in [0.717, 1.165) is 44.1 Å². The lowest BCUT2D eigenvalue weighted by atomic mass is 9.94. The number of nitrogens with one attached hydrogen (secondary N) is 1. The molecule has 1 fully saturated rings. The molecule has 0 spiro atoms. The smallest absolute Gasteiger partial charge is 0.137 e. The van der Waals surface area contributed by atoms with Crippen LogP contribution in [0.15, 0.2) is 61.1 Å². The Morgan fingerprint density at radius 3 is 2.63 bits per heavy atom. The molecule has 7 heteroatoms. The summed E-state index contributed by atoms with van der Waals surface area (Å²) in [5, 5.41) is 14.2. The van der Waals surface area contributed by atoms with Crippen molar-refractivity contribution < 1.29 is 5.11 Å². The number of β-amino-alcohol motifs (C(OH)–C–C–N with tert-alkyl or cyclic N) is 1. The molecule has 3 aromatic rings. The van der Waals surface area contributed by atoms with Crippen LogP contribution in [-0.4, -0.2) is 56.7 Å². The molecule has 0 bridgehead atoms. The highest BCUT2D eigenvalue weighted by Gasteiger charge is 2.34. The third-order valence-electron chi connectivity index (χ3n) is 6.07. The molecular formula is C23H26N6O. The summed E-state index contributed by atoms with van der Waals surface area (Å²) in [4.78, 5) is 17.6. The predicted octanol–water partition coefficient (Wildman–Crippen LogP) is 2.61. The summed E-state index contributed by atoms with van der Waals surface area (Å²) in [5.74, 6) is 2.26. The molecule has 30 heavy (non-hydrogen) atoms. The number of hydrogen-bond acceptors (Lipinski definition) is 7. The number of rotatable bonds is 4. The van der Waals surface area contributed by atoms with Crippen molar-refractivity contribution in [3.63, 3.8) is 0 Å². The monoisotopic (exact) mass is 402 g/mol. The Balaban J connectivity index is 1.25. The summed E-state index contributed by atoms with van der Waals surface area (Å²) >= 11 is 0. The minimum Gasteiger partial charge on any atom is -0.390 e. The van der Waals surface area contributed by atoms with Crippen molar-refractivity contribution >= 4 is 17.5 Å². The SMILES string of the molecule is O[C@H]1CN(c2cc(Nc3ccccn3)ncn2)CCC1N1CCc2ccccc2C1. The number of anilines is 3. The van der Waals surface area contributed by atoms with Gasteiger partial charge >= 0.3 is 0 Å². The molecule has 0 radical (unpaired) electrons. The lowest BCUT2D eigenvalue weighted by Crippen LogP contribution is -2.55. The molecular weight excluding hydrogens is 376 g/mol. The van der Waals surface area contributed by atoms with Gasteiger partial charge < -0.3 is 15.3 Å². The van der Waals surface area contributed by atoms with Crippen molar-refractivity contribution in [2.45, 2.75) is 31.5 Å². The Hall–Kier alpha value is -3.03. The predicted molar refractivity (Wildman–Crippen MR) is 117 cm³/mol. The molecule has 0 aliphatic carbocycles. The highest BCUT2D eigenvalue weighted by atomic mass is 16.3. The Labute approximate surface area is 176 Å². The molecule has 2 aliphatic rings. The Morgan fingerprint density at radius 2 is 1.80 bits per heavy atom. The van der Waals surface area contributed by atoms with E-state index >= 15 is 0 Å². The van der Waals surface area contributed by atoms with E-state index in [4.69, 9.17) is 0 Å². The highest BCUT2D eigenvalue weighted by molar-refractivity contribution is 5.56. The van der Waals surface area contributed by atoms with Crippen molar-refractivity contribution in [2.24, 2.45) is 0 Å². The lowest BCUT2D eigenvalue weighted by Gasteiger charge is -2.43. The van der Waals surface area contributed by atoms with E-state index in [2.05, 4.69) is 54.3 Å². The van der Waals surface area contributed by atoms with E-state index in [1.54, 1.807) is 12.5 Å². The normalized spacial score (nSPS) is 21.8. The van der Waals surface area contributed by atoms with E-state index in [1.807, 2.05) is 24.3 Å². The molecule has 0 amide bonds. The quantitative estimate of drug-likeness (QED) is 0.695. The van der Waals surface area contributed by atoms with Crippen LogP contribution in [0, 0.1) is 0 Å². The number of pyridine rings is 1. The zero-order valence-corrected chi connectivity index (χ0v) is 16.9. The Kier molecular flexibility index (Phi) is 5.29. The van der Waals surface area contributed by atoms with Crippen LogP contribution < -0.4 is 10.2 Å². The van der Waals surface area contributed by atoms with Crippen molar-refractivity contribution in [1.29, 1.82) is 0 Å². The number of hydrogen-bond donors (Lipinski definition) is 2. The second kappa shape index (κ2) is 8.38. The molecule has 7 nitrogen and oxygen atoms in total. The van der Waals surface area contributed by atoms with Gasteiger partial charge in [-0.2, -0.15) is 0 Å². The largest absolute Gasteiger partial charge is 0.390 e. The van der Waals surface area contributed by atoms with E-state index in [0.29, 0.717) is 12.4 Å². The van der Waals surface area contributed by atoms with Gasteiger partial charge in [-0.25, -0.2) is 15.0 Å². The highest BCUT2D eigenvalue weighted by Crippen LogP contribution is 2.27. The van der Waals surface area contributed by atoms with Crippen LogP contribution in [0.2, 0.25) is 0 Å². The molecule has 2 aromatic heterocycles. The second-order valence-electron chi connectivity index (χ2n) is 7.96. The fourth-order valence-electron chi connectivity index (χ4n) is 4.51. The Bertz CT molecular complexity index is 998. The van der Waals surface area contributed by atoms with Crippen molar-refractivity contribution in [3.05, 3.63) is 72.2 Å². The van der Waals surface area contributed by atoms with Gasteiger partial charge in [0.05, 0.1) is 6.10 Å². The molecule has 154 valence electrons. The van der Waals surface area contributed by atoms with Gasteiger partial charge in [0.15, 0.2) is 0 Å². The first kappa shape index (κ1) is 19.0. The van der Waals surface area contributed by atoms with Gasteiger partial charge in [-0.05, 0) is 36.1 Å². The summed E-state index contributed by atoms with van der Waals surface area (Å²) in [5.41, 5.74) is 2.83. The second-order valence-corrected chi connectivity index (χ2v) is 7.96. The van der Waals surface area contributed by atoms with Crippen LogP contribution in [0.1, 0.15) is 17.5 Å². The molecule has 1 unspecified atom stereocenters. The first-order chi connectivity index (χ1) is 14.8. The number of benzene rings is 1. The fraction of sp³-hybridized carbons (Fsp3) is 0.348. The number of aliphatic hydroxyl groups is 1. The standard InChI is InChI=1S/C23H26N6O/c30-20-15-29(23-13-22(25-16-26-23)27-21-7-3-4-10-24-21)12-9-19(20)28-11-8-17-5-1-2-6-18(17)14-28/h1-7,10,13,16,19-20,30H,8-9,11-12,14-15H2,(H,24,25,26,27)/t19?,20-/m0/s1. The van der Waals surface area contributed by atoms with Crippen molar-refractivity contribution in [3.8, 4) is 0 Å².